The monoisotopic (exact) mass is 514 g/mol. The van der Waals surface area contributed by atoms with E-state index in [4.69, 9.17) is 20.3 Å². The Kier molecular flexibility index (Phi) is 6.62. The molecule has 2 aromatic heterocycles. The zero-order valence-electron chi connectivity index (χ0n) is 16.0. The molecular formula is C12H17N6O11P3. The summed E-state index contributed by atoms with van der Waals surface area (Å²) in [5.74, 6) is 0.0899. The van der Waals surface area contributed by atoms with E-state index >= 15 is 0 Å². The molecule has 20 heteroatoms. The molecule has 1 saturated heterocycles. The number of anilines is 1. The summed E-state index contributed by atoms with van der Waals surface area (Å²) in [5.41, 5.74) is 5.15. The van der Waals surface area contributed by atoms with Crippen LogP contribution in [0.15, 0.2) is 12.5 Å². The van der Waals surface area contributed by atoms with Gasteiger partial charge >= 0.3 is 23.5 Å². The van der Waals surface area contributed by atoms with Gasteiger partial charge in [0.25, 0.3) is 0 Å². The average Bonchev–Trinajstić information content (AvgIpc) is 3.19. The fraction of sp³-hybridized carbons (Fsp3) is 0.500. The second-order valence-corrected chi connectivity index (χ2v) is 11.2. The van der Waals surface area contributed by atoms with Gasteiger partial charge in [0.2, 0.25) is 0 Å². The number of rotatable bonds is 8. The van der Waals surface area contributed by atoms with Crippen LogP contribution >= 0.6 is 23.5 Å². The Labute approximate surface area is 179 Å². The van der Waals surface area contributed by atoms with Gasteiger partial charge in [-0.1, -0.05) is 0 Å². The molecule has 3 rings (SSSR count). The minimum absolute atomic E-state index is 0.00225. The number of phosphoric acid groups is 3. The van der Waals surface area contributed by atoms with E-state index in [1.807, 2.05) is 0 Å². The summed E-state index contributed by atoms with van der Waals surface area (Å²) < 4.78 is 53.0. The van der Waals surface area contributed by atoms with Crippen molar-refractivity contribution in [1.29, 1.82) is 5.26 Å². The number of imidazole rings is 1. The number of fused-ring (bicyclic) bond motifs is 1. The van der Waals surface area contributed by atoms with Crippen molar-refractivity contribution in [2.24, 2.45) is 5.41 Å². The Bertz CT molecular complexity index is 1210. The van der Waals surface area contributed by atoms with Crippen molar-refractivity contribution in [3.05, 3.63) is 18.2 Å². The van der Waals surface area contributed by atoms with Crippen molar-refractivity contribution in [3.8, 4) is 6.07 Å². The summed E-state index contributed by atoms with van der Waals surface area (Å²) in [6.45, 7) is 0.873. The van der Waals surface area contributed by atoms with Gasteiger partial charge in [-0.25, -0.2) is 28.2 Å². The predicted octanol–water partition coefficient (Wildman–Crippen LogP) is 0.410. The lowest BCUT2D eigenvalue weighted by Crippen LogP contribution is -2.20. The number of nitrogens with two attached hydrogens (primary N) is 1. The first-order valence-corrected chi connectivity index (χ1v) is 13.0. The van der Waals surface area contributed by atoms with E-state index < -0.39 is 47.7 Å². The van der Waals surface area contributed by atoms with Crippen LogP contribution in [-0.2, 0) is 31.6 Å². The molecule has 0 amide bonds. The lowest BCUT2D eigenvalue weighted by Gasteiger charge is -2.21. The summed E-state index contributed by atoms with van der Waals surface area (Å²) in [4.78, 5) is 43.8. The summed E-state index contributed by atoms with van der Waals surface area (Å²) >= 11 is 0. The van der Waals surface area contributed by atoms with Gasteiger partial charge in [0.15, 0.2) is 11.5 Å². The van der Waals surface area contributed by atoms with Crippen LogP contribution in [0, 0.1) is 16.7 Å². The number of nitrogens with zero attached hydrogens (tertiary/aromatic N) is 5. The van der Waals surface area contributed by atoms with Crippen molar-refractivity contribution in [2.75, 3.05) is 12.3 Å². The number of nitrogen functional groups attached to an aromatic ring is 1. The Balaban J connectivity index is 1.74. The summed E-state index contributed by atoms with van der Waals surface area (Å²) in [6.07, 6.45) is 0.660. The van der Waals surface area contributed by atoms with Crippen molar-refractivity contribution in [1.82, 2.24) is 19.6 Å². The lowest BCUT2D eigenvalue weighted by atomic mass is 9.82. The van der Waals surface area contributed by atoms with Gasteiger partial charge in [-0.05, 0) is 13.3 Å². The maximum absolute atomic E-state index is 11.9. The molecule has 5 unspecified atom stereocenters. The van der Waals surface area contributed by atoms with Crippen molar-refractivity contribution in [3.63, 3.8) is 0 Å². The number of nitriles is 1. The average molecular weight is 514 g/mol. The maximum Gasteiger partial charge on any atom is 0.490 e. The Morgan fingerprint density at radius 3 is 2.59 bits per heavy atom. The summed E-state index contributed by atoms with van der Waals surface area (Å²) in [5, 5.41) is 13.7. The van der Waals surface area contributed by atoms with Crippen LogP contribution in [0.4, 0.5) is 5.82 Å². The molecule has 1 aliphatic heterocycles. The zero-order valence-corrected chi connectivity index (χ0v) is 18.7. The SMILES string of the molecule is CC1(C#N)CC(COP(=O)(O)OP(=O)(O)OP(=O)(O)O)OC1c1cnc2c(N)ncnn12. The van der Waals surface area contributed by atoms with E-state index in [0.717, 1.165) is 0 Å². The summed E-state index contributed by atoms with van der Waals surface area (Å²) in [6, 6.07) is 2.10. The molecule has 0 spiro atoms. The van der Waals surface area contributed by atoms with Crippen molar-refractivity contribution < 1.29 is 51.2 Å². The number of ether oxygens (including phenoxy) is 1. The molecule has 3 heterocycles. The number of phosphoric ester groups is 1. The van der Waals surface area contributed by atoms with Gasteiger partial charge in [0.05, 0.1) is 36.1 Å². The number of aromatic nitrogens is 4. The predicted molar refractivity (Wildman–Crippen MR) is 101 cm³/mol. The van der Waals surface area contributed by atoms with E-state index in [2.05, 4.69) is 34.3 Å². The van der Waals surface area contributed by atoms with Gasteiger partial charge in [-0.3, -0.25) is 4.52 Å². The molecule has 5 atom stereocenters. The third-order valence-electron chi connectivity index (χ3n) is 4.28. The highest BCUT2D eigenvalue weighted by atomic mass is 31.3. The number of hydrogen-bond donors (Lipinski definition) is 5. The topological polar surface area (TPSA) is 262 Å². The van der Waals surface area contributed by atoms with E-state index in [0.29, 0.717) is 5.69 Å². The minimum atomic E-state index is -5.64. The molecule has 0 saturated carbocycles. The van der Waals surface area contributed by atoms with Crippen LogP contribution in [0.25, 0.3) is 5.65 Å². The molecule has 0 radical (unpaired) electrons. The van der Waals surface area contributed by atoms with Crippen LogP contribution in [0.3, 0.4) is 0 Å². The standard InChI is InChI=1S/C12H17N6O11P3/c1-12(5-13)2-7(4-26-31(22,23)29-32(24,25)28-30(19,20)21)27-9(12)8-3-15-11-10(14)16-6-17-18(8)11/h3,6-7,9H,2,4H2,1H3,(H,22,23)(H,24,25)(H2,14,16,17)(H2,19,20,21). The number of hydrogen-bond acceptors (Lipinski definition) is 12. The van der Waals surface area contributed by atoms with Crippen molar-refractivity contribution in [2.45, 2.75) is 25.6 Å². The van der Waals surface area contributed by atoms with Crippen LogP contribution < -0.4 is 5.73 Å². The largest absolute Gasteiger partial charge is 0.490 e. The molecule has 1 fully saturated rings. The van der Waals surface area contributed by atoms with E-state index in [1.165, 1.54) is 17.0 Å². The fourth-order valence-corrected chi connectivity index (χ4v) is 6.13. The fourth-order valence-electron chi connectivity index (χ4n) is 3.08. The van der Waals surface area contributed by atoms with Gasteiger partial charge in [0.1, 0.15) is 12.4 Å². The second-order valence-electron chi connectivity index (χ2n) is 6.82. The highest BCUT2D eigenvalue weighted by Gasteiger charge is 2.49. The minimum Gasteiger partial charge on any atom is -0.381 e. The van der Waals surface area contributed by atoms with E-state index in [1.54, 1.807) is 6.92 Å². The second kappa shape index (κ2) is 8.53. The first-order valence-electron chi connectivity index (χ1n) is 8.44. The van der Waals surface area contributed by atoms with Crippen LogP contribution in [-0.4, -0.2) is 51.9 Å². The maximum atomic E-state index is 11.9. The molecule has 0 bridgehead atoms. The van der Waals surface area contributed by atoms with Crippen LogP contribution in [0.1, 0.15) is 25.1 Å². The lowest BCUT2D eigenvalue weighted by molar-refractivity contribution is -0.00419. The molecule has 0 aromatic carbocycles. The van der Waals surface area contributed by atoms with E-state index in [9.17, 15) is 28.7 Å². The van der Waals surface area contributed by atoms with Gasteiger partial charge in [0, 0.05) is 0 Å². The van der Waals surface area contributed by atoms with E-state index in [-0.39, 0.29) is 17.9 Å². The van der Waals surface area contributed by atoms with Gasteiger partial charge in [-0.2, -0.15) is 19.0 Å². The Morgan fingerprint density at radius 2 is 1.97 bits per heavy atom. The smallest absolute Gasteiger partial charge is 0.381 e. The molecular weight excluding hydrogens is 497 g/mol. The molecule has 17 nitrogen and oxygen atoms in total. The van der Waals surface area contributed by atoms with Gasteiger partial charge < -0.3 is 30.0 Å². The first kappa shape index (κ1) is 24.8. The highest BCUT2D eigenvalue weighted by molar-refractivity contribution is 7.66. The molecule has 0 aliphatic carbocycles. The third-order valence-corrected chi connectivity index (χ3v) is 8.08. The molecule has 2 aromatic rings. The molecule has 1 aliphatic rings. The van der Waals surface area contributed by atoms with Crippen LogP contribution in [0.2, 0.25) is 0 Å². The Morgan fingerprint density at radius 1 is 1.28 bits per heavy atom. The zero-order chi connectivity index (χ0) is 23.9. The highest BCUT2D eigenvalue weighted by Crippen LogP contribution is 2.66. The van der Waals surface area contributed by atoms with Crippen molar-refractivity contribution >= 4 is 34.9 Å². The van der Waals surface area contributed by atoms with Gasteiger partial charge in [-0.15, -0.1) is 0 Å². The van der Waals surface area contributed by atoms with Crippen LogP contribution in [0.5, 0.6) is 0 Å². The molecule has 32 heavy (non-hydrogen) atoms. The first-order chi connectivity index (χ1) is 14.6. The quantitative estimate of drug-likeness (QED) is 0.299. The third kappa shape index (κ3) is 5.57. The normalized spacial score (nSPS) is 27.6. The summed E-state index contributed by atoms with van der Waals surface area (Å²) in [7, 11) is -16.5. The Hall–Kier alpha value is -1.79. The molecule has 176 valence electrons. The molecule has 6 N–H and O–H groups in total.